The van der Waals surface area contributed by atoms with Crippen molar-refractivity contribution in [1.82, 2.24) is 9.88 Å². The fraction of sp³-hybridized carbons (Fsp3) is 0.278. The number of hydrogen-bond donors (Lipinski definition) is 1. The van der Waals surface area contributed by atoms with Gasteiger partial charge in [0.1, 0.15) is 11.5 Å². The Labute approximate surface area is 143 Å². The Morgan fingerprint density at radius 1 is 1.29 bits per heavy atom. The van der Waals surface area contributed by atoms with Crippen LogP contribution in [0.3, 0.4) is 0 Å². The highest BCUT2D eigenvalue weighted by molar-refractivity contribution is 7.17. The molecule has 0 spiro atoms. The first-order chi connectivity index (χ1) is 11.7. The van der Waals surface area contributed by atoms with Gasteiger partial charge in [-0.1, -0.05) is 12.1 Å². The Hall–Kier alpha value is -2.18. The van der Waals surface area contributed by atoms with Gasteiger partial charge in [-0.25, -0.2) is 4.39 Å². The molecule has 1 N–H and O–H groups in total. The first kappa shape index (κ1) is 16.7. The van der Waals surface area contributed by atoms with Crippen molar-refractivity contribution in [3.8, 4) is 0 Å². The number of amides is 1. The van der Waals surface area contributed by atoms with Crippen LogP contribution in [0.4, 0.5) is 4.39 Å². The molecule has 0 bridgehead atoms. The molecule has 6 heteroatoms. The van der Waals surface area contributed by atoms with Gasteiger partial charge in [-0.2, -0.15) is 0 Å². The second-order valence-corrected chi connectivity index (χ2v) is 6.46. The van der Waals surface area contributed by atoms with Crippen molar-refractivity contribution in [3.05, 3.63) is 58.9 Å². The number of thiophene rings is 1. The number of benzene rings is 1. The van der Waals surface area contributed by atoms with Crippen LogP contribution in [0.1, 0.15) is 22.5 Å². The van der Waals surface area contributed by atoms with E-state index in [2.05, 4.69) is 5.32 Å². The van der Waals surface area contributed by atoms with Gasteiger partial charge in [0.25, 0.3) is 5.91 Å². The topological polar surface area (TPSA) is 43.3 Å². The minimum atomic E-state index is -0.261. The van der Waals surface area contributed by atoms with Crippen molar-refractivity contribution in [3.63, 3.8) is 0 Å². The third kappa shape index (κ3) is 3.66. The zero-order chi connectivity index (χ0) is 16.9. The van der Waals surface area contributed by atoms with Gasteiger partial charge in [0.15, 0.2) is 0 Å². The summed E-state index contributed by atoms with van der Waals surface area (Å²) in [6.07, 6.45) is 0.773. The summed E-state index contributed by atoms with van der Waals surface area (Å²) in [6.45, 7) is 1.72. The van der Waals surface area contributed by atoms with E-state index in [0.717, 1.165) is 22.2 Å². The average Bonchev–Trinajstić information content (AvgIpc) is 3.16. The second kappa shape index (κ2) is 7.59. The Morgan fingerprint density at radius 3 is 2.83 bits per heavy atom. The largest absolute Gasteiger partial charge is 0.385 e. The van der Waals surface area contributed by atoms with Crippen molar-refractivity contribution in [2.24, 2.45) is 0 Å². The molecule has 0 unspecified atom stereocenters. The van der Waals surface area contributed by atoms with Gasteiger partial charge in [0.05, 0.1) is 10.2 Å². The molecule has 0 fully saturated rings. The molecule has 0 aliphatic rings. The number of nitrogens with zero attached hydrogens (tertiary/aromatic N) is 1. The summed E-state index contributed by atoms with van der Waals surface area (Å²) >= 11 is 1.60. The molecule has 0 saturated carbocycles. The standard InChI is InChI=1S/C18H19FN2O2S/c1-23-9-2-8-20-18(22)16-11-17-15(7-10-24-17)21(16)12-13-3-5-14(19)6-4-13/h3-7,10-11H,2,8-9,12H2,1H3,(H,20,22). The van der Waals surface area contributed by atoms with Gasteiger partial charge in [-0.15, -0.1) is 11.3 Å². The molecule has 126 valence electrons. The number of fused-ring (bicyclic) bond motifs is 1. The van der Waals surface area contributed by atoms with Crippen molar-refractivity contribution in [1.29, 1.82) is 0 Å². The van der Waals surface area contributed by atoms with E-state index in [1.165, 1.54) is 12.1 Å². The summed E-state index contributed by atoms with van der Waals surface area (Å²) in [5.74, 6) is -0.361. The number of rotatable bonds is 7. The molecule has 3 aromatic rings. The lowest BCUT2D eigenvalue weighted by Crippen LogP contribution is -2.27. The molecule has 1 aromatic carbocycles. The Balaban J connectivity index is 1.83. The van der Waals surface area contributed by atoms with Crippen molar-refractivity contribution < 1.29 is 13.9 Å². The predicted molar refractivity (Wildman–Crippen MR) is 94.1 cm³/mol. The summed E-state index contributed by atoms with van der Waals surface area (Å²) in [7, 11) is 1.64. The highest BCUT2D eigenvalue weighted by atomic mass is 32.1. The molecule has 4 nitrogen and oxygen atoms in total. The SMILES string of the molecule is COCCCNC(=O)c1cc2sccc2n1Cc1ccc(F)cc1. The molecular weight excluding hydrogens is 327 g/mol. The molecule has 0 saturated heterocycles. The maximum absolute atomic E-state index is 13.1. The number of ether oxygens (including phenoxy) is 1. The van der Waals surface area contributed by atoms with Crippen LogP contribution in [-0.2, 0) is 11.3 Å². The number of aromatic nitrogens is 1. The van der Waals surface area contributed by atoms with Gasteiger partial charge in [0.2, 0.25) is 0 Å². The number of carbonyl (C=O) groups excluding carboxylic acids is 1. The van der Waals surface area contributed by atoms with Crippen LogP contribution in [0.2, 0.25) is 0 Å². The number of carbonyl (C=O) groups is 1. The second-order valence-electron chi connectivity index (χ2n) is 5.51. The number of halogens is 1. The lowest BCUT2D eigenvalue weighted by atomic mass is 10.2. The van der Waals surface area contributed by atoms with E-state index in [-0.39, 0.29) is 11.7 Å². The van der Waals surface area contributed by atoms with Crippen LogP contribution in [0.15, 0.2) is 41.8 Å². The number of hydrogen-bond acceptors (Lipinski definition) is 3. The molecule has 1 amide bonds. The third-order valence-electron chi connectivity index (χ3n) is 3.82. The summed E-state index contributed by atoms with van der Waals surface area (Å²) in [6, 6.07) is 10.3. The molecule has 2 heterocycles. The zero-order valence-corrected chi connectivity index (χ0v) is 14.2. The van der Waals surface area contributed by atoms with Crippen LogP contribution >= 0.6 is 11.3 Å². The predicted octanol–water partition coefficient (Wildman–Crippen LogP) is 3.66. The highest BCUT2D eigenvalue weighted by Crippen LogP contribution is 2.26. The lowest BCUT2D eigenvalue weighted by Gasteiger charge is -2.11. The molecule has 0 atom stereocenters. The van der Waals surface area contributed by atoms with E-state index in [4.69, 9.17) is 4.74 Å². The zero-order valence-electron chi connectivity index (χ0n) is 13.4. The van der Waals surface area contributed by atoms with Gasteiger partial charge < -0.3 is 14.6 Å². The first-order valence-corrected chi connectivity index (χ1v) is 8.65. The first-order valence-electron chi connectivity index (χ1n) is 7.77. The molecule has 3 rings (SSSR count). The highest BCUT2D eigenvalue weighted by Gasteiger charge is 2.16. The number of methoxy groups -OCH3 is 1. The van der Waals surface area contributed by atoms with Gasteiger partial charge in [-0.3, -0.25) is 4.79 Å². The molecular formula is C18H19FN2O2S. The van der Waals surface area contributed by atoms with Crippen molar-refractivity contribution in [2.45, 2.75) is 13.0 Å². The summed E-state index contributed by atoms with van der Waals surface area (Å²) < 4.78 is 21.1. The molecule has 24 heavy (non-hydrogen) atoms. The van der Waals surface area contributed by atoms with Crippen LogP contribution in [0.25, 0.3) is 10.2 Å². The Morgan fingerprint density at radius 2 is 2.08 bits per heavy atom. The van der Waals surface area contributed by atoms with E-state index in [1.807, 2.05) is 22.1 Å². The molecule has 0 aliphatic carbocycles. The lowest BCUT2D eigenvalue weighted by molar-refractivity contribution is 0.0940. The maximum Gasteiger partial charge on any atom is 0.267 e. The van der Waals surface area contributed by atoms with Crippen molar-refractivity contribution in [2.75, 3.05) is 20.3 Å². The molecule has 0 aliphatic heterocycles. The fourth-order valence-electron chi connectivity index (χ4n) is 2.62. The fourth-order valence-corrected chi connectivity index (χ4v) is 3.44. The van der Waals surface area contributed by atoms with E-state index in [0.29, 0.717) is 25.4 Å². The van der Waals surface area contributed by atoms with Crippen LogP contribution in [0.5, 0.6) is 0 Å². The van der Waals surface area contributed by atoms with Crippen LogP contribution < -0.4 is 5.32 Å². The molecule has 2 aromatic heterocycles. The van der Waals surface area contributed by atoms with E-state index in [9.17, 15) is 9.18 Å². The van der Waals surface area contributed by atoms with Gasteiger partial charge in [0, 0.05) is 26.8 Å². The summed E-state index contributed by atoms with van der Waals surface area (Å²) in [4.78, 5) is 12.5. The smallest absolute Gasteiger partial charge is 0.267 e. The minimum Gasteiger partial charge on any atom is -0.385 e. The average molecular weight is 346 g/mol. The monoisotopic (exact) mass is 346 g/mol. The summed E-state index contributed by atoms with van der Waals surface area (Å²) in [5, 5.41) is 4.93. The van der Waals surface area contributed by atoms with E-state index in [1.54, 1.807) is 30.6 Å². The van der Waals surface area contributed by atoms with Crippen molar-refractivity contribution >= 4 is 27.5 Å². The quantitative estimate of drug-likeness (QED) is 0.664. The van der Waals surface area contributed by atoms with Gasteiger partial charge in [-0.05, 0) is 41.6 Å². The normalized spacial score (nSPS) is 11.1. The number of nitrogens with one attached hydrogen (secondary N) is 1. The van der Waals surface area contributed by atoms with Gasteiger partial charge >= 0.3 is 0 Å². The van der Waals surface area contributed by atoms with E-state index < -0.39 is 0 Å². The molecule has 0 radical (unpaired) electrons. The third-order valence-corrected chi connectivity index (χ3v) is 4.67. The Kier molecular flexibility index (Phi) is 5.27. The van der Waals surface area contributed by atoms with E-state index >= 15 is 0 Å². The van der Waals surface area contributed by atoms with Crippen LogP contribution in [-0.4, -0.2) is 30.7 Å². The maximum atomic E-state index is 13.1. The summed E-state index contributed by atoms with van der Waals surface area (Å²) in [5.41, 5.74) is 2.60. The Bertz CT molecular complexity index is 823. The van der Waals surface area contributed by atoms with Crippen LogP contribution in [0, 0.1) is 5.82 Å². The minimum absolute atomic E-state index is 0.100.